The highest BCUT2D eigenvalue weighted by Crippen LogP contribution is 2.29. The zero-order chi connectivity index (χ0) is 19.6. The van der Waals surface area contributed by atoms with Crippen LogP contribution in [0.4, 0.5) is 5.69 Å². The number of hydrogen-bond acceptors (Lipinski definition) is 6. The van der Waals surface area contributed by atoms with Gasteiger partial charge in [0.15, 0.2) is 0 Å². The van der Waals surface area contributed by atoms with Gasteiger partial charge < -0.3 is 19.5 Å². The maximum atomic E-state index is 5.49. The van der Waals surface area contributed by atoms with Gasteiger partial charge in [-0.3, -0.25) is 4.90 Å². The van der Waals surface area contributed by atoms with Crippen molar-refractivity contribution in [1.29, 1.82) is 0 Å². The highest BCUT2D eigenvalue weighted by atomic mass is 16.5. The number of benzene rings is 1. The summed E-state index contributed by atoms with van der Waals surface area (Å²) in [5, 5.41) is 12.4. The van der Waals surface area contributed by atoms with Crippen molar-refractivity contribution < 1.29 is 4.74 Å². The summed E-state index contributed by atoms with van der Waals surface area (Å²) in [6, 6.07) is 6.97. The quantitative estimate of drug-likeness (QED) is 0.852. The van der Waals surface area contributed by atoms with Gasteiger partial charge in [-0.25, -0.2) is 0 Å². The van der Waals surface area contributed by atoms with Crippen molar-refractivity contribution >= 4 is 5.69 Å². The van der Waals surface area contributed by atoms with E-state index in [1.165, 1.54) is 42.0 Å². The van der Waals surface area contributed by atoms with Crippen LogP contribution in [-0.2, 0) is 24.4 Å². The highest BCUT2D eigenvalue weighted by Gasteiger charge is 2.28. The van der Waals surface area contributed by atoms with Gasteiger partial charge in [0.1, 0.15) is 11.6 Å². The Bertz CT molecular complexity index is 844. The summed E-state index contributed by atoms with van der Waals surface area (Å²) in [5.74, 6) is 2.79. The molecule has 0 radical (unpaired) electrons. The standard InChI is InChI=1S/C22H32N6O/c1-17-13-20(27-9-11-29-12-10-27)5-4-18(17)15-26-7-2-3-19(16-26)22-25-24-21-14-23-6-8-28(21)22/h4-5,13,19,23H,2-3,6-12,14-16H2,1H3/t19-/m0/s1. The molecule has 1 aromatic carbocycles. The Morgan fingerprint density at radius 3 is 2.90 bits per heavy atom. The van der Waals surface area contributed by atoms with E-state index in [2.05, 4.69) is 55.0 Å². The van der Waals surface area contributed by atoms with Crippen LogP contribution in [0, 0.1) is 6.92 Å². The largest absolute Gasteiger partial charge is 0.378 e. The molecule has 0 bridgehead atoms. The number of aromatic nitrogens is 3. The average molecular weight is 397 g/mol. The second kappa shape index (κ2) is 8.42. The van der Waals surface area contributed by atoms with Gasteiger partial charge in [-0.05, 0) is 49.6 Å². The van der Waals surface area contributed by atoms with Crippen LogP contribution in [-0.4, -0.2) is 65.6 Å². The van der Waals surface area contributed by atoms with Crippen LogP contribution in [0.5, 0.6) is 0 Å². The van der Waals surface area contributed by atoms with Crippen molar-refractivity contribution in [3.05, 3.63) is 41.0 Å². The summed E-state index contributed by atoms with van der Waals surface area (Å²) in [5.41, 5.74) is 4.16. The third-order valence-electron chi connectivity index (χ3n) is 6.62. The van der Waals surface area contributed by atoms with Crippen LogP contribution in [0.2, 0.25) is 0 Å². The second-order valence-corrected chi connectivity index (χ2v) is 8.59. The maximum Gasteiger partial charge on any atom is 0.147 e. The summed E-state index contributed by atoms with van der Waals surface area (Å²) >= 11 is 0. The third-order valence-corrected chi connectivity index (χ3v) is 6.62. The van der Waals surface area contributed by atoms with Crippen LogP contribution >= 0.6 is 0 Å². The van der Waals surface area contributed by atoms with Crippen LogP contribution in [0.3, 0.4) is 0 Å². The van der Waals surface area contributed by atoms with E-state index in [1.54, 1.807) is 0 Å². The van der Waals surface area contributed by atoms with E-state index in [0.717, 1.165) is 64.9 Å². The molecule has 7 nitrogen and oxygen atoms in total. The molecule has 5 rings (SSSR count). The molecule has 0 unspecified atom stereocenters. The summed E-state index contributed by atoms with van der Waals surface area (Å²) in [6.07, 6.45) is 2.45. The Kier molecular flexibility index (Phi) is 5.52. The van der Waals surface area contributed by atoms with Crippen molar-refractivity contribution in [2.24, 2.45) is 0 Å². The van der Waals surface area contributed by atoms with Crippen molar-refractivity contribution in [2.45, 2.75) is 45.3 Å². The third kappa shape index (κ3) is 4.04. The second-order valence-electron chi connectivity index (χ2n) is 8.59. The van der Waals surface area contributed by atoms with Gasteiger partial charge in [-0.15, -0.1) is 10.2 Å². The Balaban J connectivity index is 1.26. The minimum absolute atomic E-state index is 0.496. The average Bonchev–Trinajstić information content (AvgIpc) is 3.20. The van der Waals surface area contributed by atoms with E-state index in [4.69, 9.17) is 4.74 Å². The molecule has 156 valence electrons. The van der Waals surface area contributed by atoms with Crippen LogP contribution in [0.15, 0.2) is 18.2 Å². The SMILES string of the molecule is Cc1cc(N2CCOCC2)ccc1CN1CCC[C@H](c2nnc3n2CCNC3)C1. The van der Waals surface area contributed by atoms with E-state index >= 15 is 0 Å². The molecule has 2 saturated heterocycles. The Morgan fingerprint density at radius 2 is 2.03 bits per heavy atom. The lowest BCUT2D eigenvalue weighted by Crippen LogP contribution is -2.37. The number of piperidine rings is 1. The molecule has 3 aliphatic heterocycles. The van der Waals surface area contributed by atoms with Crippen molar-refractivity contribution in [2.75, 3.05) is 50.8 Å². The van der Waals surface area contributed by atoms with Gasteiger partial charge >= 0.3 is 0 Å². The summed E-state index contributed by atoms with van der Waals surface area (Å²) in [4.78, 5) is 5.04. The number of ether oxygens (including phenoxy) is 1. The Morgan fingerprint density at radius 1 is 1.14 bits per heavy atom. The van der Waals surface area contributed by atoms with Crippen molar-refractivity contribution in [3.8, 4) is 0 Å². The first-order chi connectivity index (χ1) is 14.3. The van der Waals surface area contributed by atoms with Crippen LogP contribution in [0.1, 0.15) is 41.5 Å². The minimum Gasteiger partial charge on any atom is -0.378 e. The monoisotopic (exact) mass is 396 g/mol. The summed E-state index contributed by atoms with van der Waals surface area (Å²) in [6.45, 7) is 12.0. The summed E-state index contributed by atoms with van der Waals surface area (Å²) < 4.78 is 7.84. The highest BCUT2D eigenvalue weighted by molar-refractivity contribution is 5.51. The number of anilines is 1. The van der Waals surface area contributed by atoms with Crippen molar-refractivity contribution in [3.63, 3.8) is 0 Å². The lowest BCUT2D eigenvalue weighted by atomic mass is 9.96. The Labute approximate surface area is 173 Å². The number of aryl methyl sites for hydroxylation is 1. The normalized spacial score (nSPS) is 23.2. The number of rotatable bonds is 4. The van der Waals surface area contributed by atoms with E-state index < -0.39 is 0 Å². The predicted molar refractivity (Wildman–Crippen MR) is 113 cm³/mol. The number of hydrogen-bond donors (Lipinski definition) is 1. The van der Waals surface area contributed by atoms with E-state index in [1.807, 2.05) is 0 Å². The van der Waals surface area contributed by atoms with Crippen LogP contribution < -0.4 is 10.2 Å². The molecule has 0 spiro atoms. The fourth-order valence-corrected chi connectivity index (χ4v) is 4.94. The van der Waals surface area contributed by atoms with Crippen molar-refractivity contribution in [1.82, 2.24) is 25.0 Å². The number of likely N-dealkylation sites (tertiary alicyclic amines) is 1. The zero-order valence-electron chi connectivity index (χ0n) is 17.4. The molecule has 2 fully saturated rings. The van der Waals surface area contributed by atoms with Gasteiger partial charge in [-0.2, -0.15) is 0 Å². The molecule has 29 heavy (non-hydrogen) atoms. The van der Waals surface area contributed by atoms with Gasteiger partial charge in [0.25, 0.3) is 0 Å². The van der Waals surface area contributed by atoms with E-state index in [0.29, 0.717) is 5.92 Å². The first kappa shape index (κ1) is 19.0. The van der Waals surface area contributed by atoms with E-state index in [9.17, 15) is 0 Å². The molecule has 0 amide bonds. The topological polar surface area (TPSA) is 58.5 Å². The molecular formula is C22H32N6O. The molecule has 4 heterocycles. The molecule has 3 aliphatic rings. The smallest absolute Gasteiger partial charge is 0.147 e. The van der Waals surface area contributed by atoms with Gasteiger partial charge in [0.2, 0.25) is 0 Å². The molecule has 0 aliphatic carbocycles. The number of fused-ring (bicyclic) bond motifs is 1. The number of nitrogens with one attached hydrogen (secondary N) is 1. The lowest BCUT2D eigenvalue weighted by Gasteiger charge is -2.33. The predicted octanol–water partition coefficient (Wildman–Crippen LogP) is 1.91. The fourth-order valence-electron chi connectivity index (χ4n) is 4.94. The van der Waals surface area contributed by atoms with Crippen LogP contribution in [0.25, 0.3) is 0 Å². The molecule has 7 heteroatoms. The molecule has 1 atom stereocenters. The minimum atomic E-state index is 0.496. The van der Waals surface area contributed by atoms with E-state index in [-0.39, 0.29) is 0 Å². The molecule has 0 saturated carbocycles. The molecule has 2 aromatic rings. The Hall–Kier alpha value is -1.96. The zero-order valence-corrected chi connectivity index (χ0v) is 17.4. The van der Waals surface area contributed by atoms with Gasteiger partial charge in [0.05, 0.1) is 19.8 Å². The van der Waals surface area contributed by atoms with Gasteiger partial charge in [0, 0.05) is 50.9 Å². The molecule has 1 aromatic heterocycles. The first-order valence-electron chi connectivity index (χ1n) is 11.1. The first-order valence-corrected chi connectivity index (χ1v) is 11.1. The number of morpholine rings is 1. The number of nitrogens with zero attached hydrogens (tertiary/aromatic N) is 5. The fraction of sp³-hybridized carbons (Fsp3) is 0.636. The van der Waals surface area contributed by atoms with Gasteiger partial charge in [-0.1, -0.05) is 6.07 Å². The maximum absolute atomic E-state index is 5.49. The molecular weight excluding hydrogens is 364 g/mol. The molecule has 1 N–H and O–H groups in total. The summed E-state index contributed by atoms with van der Waals surface area (Å²) in [7, 11) is 0. The lowest BCUT2D eigenvalue weighted by molar-refractivity contribution is 0.122.